The van der Waals surface area contributed by atoms with E-state index in [1.807, 2.05) is 48.5 Å². The van der Waals surface area contributed by atoms with Gasteiger partial charge in [0.15, 0.2) is 0 Å². The van der Waals surface area contributed by atoms with E-state index in [1.54, 1.807) is 6.20 Å². The van der Waals surface area contributed by atoms with E-state index >= 15 is 0 Å². The van der Waals surface area contributed by atoms with E-state index < -0.39 is 0 Å². The first-order valence-corrected chi connectivity index (χ1v) is 6.07. The Bertz CT molecular complexity index is 689. The summed E-state index contributed by atoms with van der Waals surface area (Å²) in [4.78, 5) is 4.33. The van der Waals surface area contributed by atoms with Gasteiger partial charge in [0, 0.05) is 28.0 Å². The molecule has 18 heavy (non-hydrogen) atoms. The molecule has 1 heterocycles. The zero-order valence-corrected chi connectivity index (χ0v) is 10.4. The normalized spacial score (nSPS) is 10.5. The molecule has 88 valence electrons. The Morgan fingerprint density at radius 1 is 0.944 bits per heavy atom. The van der Waals surface area contributed by atoms with Crippen LogP contribution in [-0.4, -0.2) is 4.98 Å². The fourth-order valence-electron chi connectivity index (χ4n) is 1.93. The second-order valence-electron chi connectivity index (χ2n) is 4.01. The SMILES string of the molecule is Clc1cccc(Nc2cccc3ncccc23)c1. The van der Waals surface area contributed by atoms with Crippen molar-refractivity contribution in [3.05, 3.63) is 65.8 Å². The summed E-state index contributed by atoms with van der Waals surface area (Å²) in [6.07, 6.45) is 1.80. The molecule has 1 N–H and O–H groups in total. The van der Waals surface area contributed by atoms with Gasteiger partial charge in [0.05, 0.1) is 5.52 Å². The topological polar surface area (TPSA) is 24.9 Å². The van der Waals surface area contributed by atoms with E-state index in [-0.39, 0.29) is 0 Å². The molecule has 0 saturated heterocycles. The Morgan fingerprint density at radius 2 is 1.83 bits per heavy atom. The molecule has 0 fully saturated rings. The lowest BCUT2D eigenvalue weighted by Crippen LogP contribution is -1.91. The lowest BCUT2D eigenvalue weighted by molar-refractivity contribution is 1.41. The zero-order chi connectivity index (χ0) is 12.4. The van der Waals surface area contributed by atoms with Crippen molar-refractivity contribution in [1.29, 1.82) is 0 Å². The maximum Gasteiger partial charge on any atom is 0.0722 e. The molecule has 1 aromatic heterocycles. The summed E-state index contributed by atoms with van der Waals surface area (Å²) in [5.74, 6) is 0. The number of hydrogen-bond donors (Lipinski definition) is 1. The lowest BCUT2D eigenvalue weighted by atomic mass is 10.1. The Morgan fingerprint density at radius 3 is 2.72 bits per heavy atom. The quantitative estimate of drug-likeness (QED) is 0.721. The molecule has 0 atom stereocenters. The average Bonchev–Trinajstić information content (AvgIpc) is 2.39. The molecule has 0 spiro atoms. The maximum atomic E-state index is 5.98. The van der Waals surface area contributed by atoms with Crippen molar-refractivity contribution in [2.45, 2.75) is 0 Å². The van der Waals surface area contributed by atoms with Gasteiger partial charge in [-0.05, 0) is 42.5 Å². The van der Waals surface area contributed by atoms with Gasteiger partial charge < -0.3 is 5.32 Å². The molecule has 2 nitrogen and oxygen atoms in total. The monoisotopic (exact) mass is 254 g/mol. The zero-order valence-electron chi connectivity index (χ0n) is 9.60. The smallest absolute Gasteiger partial charge is 0.0722 e. The van der Waals surface area contributed by atoms with Gasteiger partial charge in [-0.25, -0.2) is 0 Å². The van der Waals surface area contributed by atoms with Gasteiger partial charge in [-0.2, -0.15) is 0 Å². The fourth-order valence-corrected chi connectivity index (χ4v) is 2.12. The van der Waals surface area contributed by atoms with Crippen LogP contribution in [0.2, 0.25) is 5.02 Å². The highest BCUT2D eigenvalue weighted by Gasteiger charge is 2.01. The molecule has 0 amide bonds. The minimum atomic E-state index is 0.721. The maximum absolute atomic E-state index is 5.98. The predicted octanol–water partition coefficient (Wildman–Crippen LogP) is 4.63. The Hall–Kier alpha value is -2.06. The highest BCUT2D eigenvalue weighted by Crippen LogP contribution is 2.26. The van der Waals surface area contributed by atoms with Gasteiger partial charge in [0.2, 0.25) is 0 Å². The molecule has 3 rings (SSSR count). The lowest BCUT2D eigenvalue weighted by Gasteiger charge is -2.09. The predicted molar refractivity (Wildman–Crippen MR) is 76.5 cm³/mol. The summed E-state index contributed by atoms with van der Waals surface area (Å²) in [6.45, 7) is 0. The number of nitrogens with one attached hydrogen (secondary N) is 1. The summed E-state index contributed by atoms with van der Waals surface area (Å²) in [5, 5.41) is 5.18. The van der Waals surface area contributed by atoms with Crippen LogP contribution in [0.1, 0.15) is 0 Å². The molecule has 0 aliphatic carbocycles. The van der Waals surface area contributed by atoms with Gasteiger partial charge in [-0.3, -0.25) is 4.98 Å². The third-order valence-corrected chi connectivity index (χ3v) is 2.98. The van der Waals surface area contributed by atoms with E-state index in [1.165, 1.54) is 0 Å². The molecule has 0 saturated carbocycles. The molecule has 0 radical (unpaired) electrons. The van der Waals surface area contributed by atoms with Crippen LogP contribution in [0, 0.1) is 0 Å². The molecule has 3 aromatic rings. The first-order valence-electron chi connectivity index (χ1n) is 5.69. The van der Waals surface area contributed by atoms with Crippen LogP contribution in [0.5, 0.6) is 0 Å². The third-order valence-electron chi connectivity index (χ3n) is 2.75. The molecule has 0 bridgehead atoms. The number of halogens is 1. The second kappa shape index (κ2) is 4.67. The largest absolute Gasteiger partial charge is 0.355 e. The summed E-state index contributed by atoms with van der Waals surface area (Å²) >= 11 is 5.98. The third kappa shape index (κ3) is 2.15. The number of fused-ring (bicyclic) bond motifs is 1. The van der Waals surface area contributed by atoms with Crippen molar-refractivity contribution in [2.75, 3.05) is 5.32 Å². The molecule has 0 aliphatic rings. The standard InChI is InChI=1S/C15H11ClN2/c16-11-4-1-5-12(10-11)18-15-8-2-7-14-13(15)6-3-9-17-14/h1-10,18H. The first kappa shape index (κ1) is 11.1. The molecule has 0 unspecified atom stereocenters. The van der Waals surface area contributed by atoms with Crippen molar-refractivity contribution in [2.24, 2.45) is 0 Å². The van der Waals surface area contributed by atoms with E-state index in [0.29, 0.717) is 0 Å². The summed E-state index contributed by atoms with van der Waals surface area (Å²) in [7, 11) is 0. The number of aromatic nitrogens is 1. The number of nitrogens with zero attached hydrogens (tertiary/aromatic N) is 1. The van der Waals surface area contributed by atoms with Crippen LogP contribution in [0.3, 0.4) is 0 Å². The molecule has 0 aliphatic heterocycles. The van der Waals surface area contributed by atoms with Gasteiger partial charge in [0.1, 0.15) is 0 Å². The van der Waals surface area contributed by atoms with E-state index in [0.717, 1.165) is 27.3 Å². The second-order valence-corrected chi connectivity index (χ2v) is 4.45. The van der Waals surface area contributed by atoms with Crippen LogP contribution >= 0.6 is 11.6 Å². The summed E-state index contributed by atoms with van der Waals surface area (Å²) < 4.78 is 0. The molecular formula is C15H11ClN2. The van der Waals surface area contributed by atoms with E-state index in [4.69, 9.17) is 11.6 Å². The van der Waals surface area contributed by atoms with Crippen LogP contribution in [0.15, 0.2) is 60.8 Å². The minimum Gasteiger partial charge on any atom is -0.355 e. The molecular weight excluding hydrogens is 244 g/mol. The molecule has 2 aromatic carbocycles. The summed E-state index contributed by atoms with van der Waals surface area (Å²) in [5.41, 5.74) is 2.98. The van der Waals surface area contributed by atoms with Crippen molar-refractivity contribution >= 4 is 33.9 Å². The van der Waals surface area contributed by atoms with Gasteiger partial charge in [0.25, 0.3) is 0 Å². The average molecular weight is 255 g/mol. The number of rotatable bonds is 2. The number of benzene rings is 2. The first-order chi connectivity index (χ1) is 8.83. The minimum absolute atomic E-state index is 0.721. The highest BCUT2D eigenvalue weighted by molar-refractivity contribution is 6.30. The van der Waals surface area contributed by atoms with Gasteiger partial charge in [-0.15, -0.1) is 0 Å². The van der Waals surface area contributed by atoms with Crippen molar-refractivity contribution in [3.63, 3.8) is 0 Å². The number of hydrogen-bond acceptors (Lipinski definition) is 2. The molecule has 3 heteroatoms. The van der Waals surface area contributed by atoms with Crippen LogP contribution in [0.25, 0.3) is 10.9 Å². The van der Waals surface area contributed by atoms with Gasteiger partial charge >= 0.3 is 0 Å². The van der Waals surface area contributed by atoms with Crippen LogP contribution in [-0.2, 0) is 0 Å². The fraction of sp³-hybridized carbons (Fsp3) is 0. The Balaban J connectivity index is 2.05. The van der Waals surface area contributed by atoms with E-state index in [9.17, 15) is 0 Å². The van der Waals surface area contributed by atoms with Gasteiger partial charge in [-0.1, -0.05) is 23.7 Å². The van der Waals surface area contributed by atoms with E-state index in [2.05, 4.69) is 16.4 Å². The Kier molecular flexibility index (Phi) is 2.87. The van der Waals surface area contributed by atoms with Crippen molar-refractivity contribution in [3.8, 4) is 0 Å². The van der Waals surface area contributed by atoms with Crippen LogP contribution < -0.4 is 5.32 Å². The van der Waals surface area contributed by atoms with Crippen molar-refractivity contribution < 1.29 is 0 Å². The van der Waals surface area contributed by atoms with Crippen molar-refractivity contribution in [1.82, 2.24) is 4.98 Å². The summed E-state index contributed by atoms with van der Waals surface area (Å²) in [6, 6.07) is 17.7. The highest BCUT2D eigenvalue weighted by atomic mass is 35.5. The number of anilines is 2. The van der Waals surface area contributed by atoms with Crippen LogP contribution in [0.4, 0.5) is 11.4 Å². The number of pyridine rings is 1. The Labute approximate surface area is 110 Å².